The van der Waals surface area contributed by atoms with Crippen molar-refractivity contribution >= 4 is 40.3 Å². The van der Waals surface area contributed by atoms with Gasteiger partial charge in [0.25, 0.3) is 11.5 Å². The van der Waals surface area contributed by atoms with Gasteiger partial charge in [-0.1, -0.05) is 18.9 Å². The molecule has 3 N–H and O–H groups in total. The van der Waals surface area contributed by atoms with Gasteiger partial charge < -0.3 is 25.5 Å². The van der Waals surface area contributed by atoms with E-state index in [1.165, 1.54) is 12.6 Å². The molecule has 0 radical (unpaired) electrons. The Balaban J connectivity index is 1.10. The Morgan fingerprint density at radius 2 is 1.83 bits per heavy atom. The van der Waals surface area contributed by atoms with Crippen molar-refractivity contribution in [3.8, 4) is 0 Å². The zero-order valence-electron chi connectivity index (χ0n) is 23.6. The molecule has 11 heteroatoms. The van der Waals surface area contributed by atoms with Crippen LogP contribution in [0.15, 0.2) is 47.7 Å². The van der Waals surface area contributed by atoms with E-state index in [2.05, 4.69) is 25.2 Å². The lowest BCUT2D eigenvalue weighted by molar-refractivity contribution is 0.0745. The van der Waals surface area contributed by atoms with Crippen LogP contribution in [0.1, 0.15) is 72.6 Å². The molecule has 42 heavy (non-hydrogen) atoms. The first-order valence-electron chi connectivity index (χ1n) is 14.9. The number of carbonyl (C=O) groups excluding carboxylic acids is 1. The normalized spacial score (nSPS) is 20.5. The number of pyridine rings is 1. The van der Waals surface area contributed by atoms with Crippen LogP contribution in [-0.4, -0.2) is 54.8 Å². The largest absolute Gasteiger partial charge is 0.355 e. The monoisotopic (exact) mass is 565 g/mol. The lowest BCUT2D eigenvalue weighted by Crippen LogP contribution is -2.31. The predicted octanol–water partition coefficient (Wildman–Crippen LogP) is 4.79. The molecule has 0 bridgehead atoms. The SMILES string of the molecule is N=CC1CCCCC1n1nc(Nc2ccc3c(c2)CN(C(=O)c2cnc(N4CCCCC4)cn2)C3)c2c(=O)[nH]ccc21. The van der Waals surface area contributed by atoms with Gasteiger partial charge in [-0.25, -0.2) is 9.97 Å². The summed E-state index contributed by atoms with van der Waals surface area (Å²) in [6.45, 7) is 2.94. The Bertz CT molecular complexity index is 1690. The molecular formula is C31H35N9O2. The number of piperidine rings is 1. The maximum absolute atomic E-state index is 13.3. The van der Waals surface area contributed by atoms with Gasteiger partial charge in [0.15, 0.2) is 5.82 Å². The van der Waals surface area contributed by atoms with Gasteiger partial charge in [-0.15, -0.1) is 0 Å². The molecule has 2 atom stereocenters. The molecule has 1 aliphatic carbocycles. The predicted molar refractivity (Wildman–Crippen MR) is 162 cm³/mol. The average Bonchev–Trinajstić information content (AvgIpc) is 3.63. The maximum atomic E-state index is 13.3. The molecule has 0 spiro atoms. The Labute approximate surface area is 243 Å². The lowest BCUT2D eigenvalue weighted by atomic mass is 9.85. The highest BCUT2D eigenvalue weighted by molar-refractivity contribution is 5.93. The number of amides is 1. The van der Waals surface area contributed by atoms with Gasteiger partial charge in [0.1, 0.15) is 16.9 Å². The molecule has 3 aliphatic rings. The van der Waals surface area contributed by atoms with Crippen LogP contribution in [0.3, 0.4) is 0 Å². The van der Waals surface area contributed by atoms with E-state index in [1.54, 1.807) is 23.5 Å². The Morgan fingerprint density at radius 1 is 1.00 bits per heavy atom. The van der Waals surface area contributed by atoms with Crippen molar-refractivity contribution in [1.82, 2.24) is 29.6 Å². The molecule has 2 aliphatic heterocycles. The number of carbonyl (C=O) groups is 1. The standard InChI is InChI=1S/C31H35N9O2/c32-15-20-6-2-3-7-25(20)40-26-10-11-33-30(41)28(26)29(37-40)36-23-9-8-21-18-39(19-22(21)14-23)31(42)24-16-35-27(17-34-24)38-12-4-1-5-13-38/h8-11,14-17,20,25,32H,1-7,12-13,18-19H2,(H,33,41)(H,36,37). The van der Waals surface area contributed by atoms with Gasteiger partial charge in [0.05, 0.1) is 24.0 Å². The smallest absolute Gasteiger partial charge is 0.274 e. The number of aromatic amines is 1. The number of hydrogen-bond acceptors (Lipinski definition) is 8. The molecule has 7 rings (SSSR count). The van der Waals surface area contributed by atoms with E-state index in [-0.39, 0.29) is 23.4 Å². The third-order valence-electron chi connectivity index (χ3n) is 8.96. The molecule has 2 unspecified atom stereocenters. The summed E-state index contributed by atoms with van der Waals surface area (Å²) < 4.78 is 1.94. The van der Waals surface area contributed by atoms with Crippen molar-refractivity contribution in [2.75, 3.05) is 23.3 Å². The second-order valence-electron chi connectivity index (χ2n) is 11.6. The number of nitrogens with one attached hydrogen (secondary N) is 3. The first-order valence-corrected chi connectivity index (χ1v) is 14.9. The van der Waals surface area contributed by atoms with Crippen LogP contribution in [0.4, 0.5) is 17.3 Å². The van der Waals surface area contributed by atoms with E-state index < -0.39 is 0 Å². The first-order chi connectivity index (χ1) is 20.6. The van der Waals surface area contributed by atoms with E-state index in [0.29, 0.717) is 30.0 Å². The topological polar surface area (TPSA) is 136 Å². The van der Waals surface area contributed by atoms with E-state index in [0.717, 1.165) is 79.8 Å². The van der Waals surface area contributed by atoms with Crippen LogP contribution >= 0.6 is 0 Å². The minimum Gasteiger partial charge on any atom is -0.355 e. The molecule has 4 aromatic rings. The number of hydrogen-bond donors (Lipinski definition) is 3. The zero-order chi connectivity index (χ0) is 28.6. The highest BCUT2D eigenvalue weighted by Crippen LogP contribution is 2.36. The van der Waals surface area contributed by atoms with E-state index >= 15 is 0 Å². The molecule has 5 heterocycles. The molecule has 2 fully saturated rings. The lowest BCUT2D eigenvalue weighted by Gasteiger charge is -2.29. The third kappa shape index (κ3) is 4.82. The van der Waals surface area contributed by atoms with Crippen LogP contribution < -0.4 is 15.8 Å². The van der Waals surface area contributed by atoms with Crippen LogP contribution in [0.2, 0.25) is 0 Å². The quantitative estimate of drug-likeness (QED) is 0.286. The number of fused-ring (bicyclic) bond motifs is 2. The Morgan fingerprint density at radius 3 is 2.64 bits per heavy atom. The summed E-state index contributed by atoms with van der Waals surface area (Å²) in [5, 5.41) is 16.7. The Hall–Kier alpha value is -4.54. The molecule has 11 nitrogen and oxygen atoms in total. The first kappa shape index (κ1) is 26.4. The highest BCUT2D eigenvalue weighted by Gasteiger charge is 2.29. The summed E-state index contributed by atoms with van der Waals surface area (Å²) in [5.41, 5.74) is 3.84. The number of rotatable bonds is 6. The number of benzene rings is 1. The summed E-state index contributed by atoms with van der Waals surface area (Å²) in [4.78, 5) is 42.0. The molecule has 1 saturated carbocycles. The van der Waals surface area contributed by atoms with Gasteiger partial charge >= 0.3 is 0 Å². The molecule has 3 aromatic heterocycles. The fraction of sp³-hybridized carbons (Fsp3) is 0.419. The summed E-state index contributed by atoms with van der Waals surface area (Å²) >= 11 is 0. The van der Waals surface area contributed by atoms with Gasteiger partial charge in [-0.05, 0) is 61.4 Å². The second-order valence-corrected chi connectivity index (χ2v) is 11.6. The van der Waals surface area contributed by atoms with E-state index in [9.17, 15) is 9.59 Å². The van der Waals surface area contributed by atoms with Crippen LogP contribution in [-0.2, 0) is 13.1 Å². The van der Waals surface area contributed by atoms with Crippen molar-refractivity contribution in [3.63, 3.8) is 0 Å². The second kappa shape index (κ2) is 11.0. The molecule has 1 amide bonds. The molecule has 1 aromatic carbocycles. The van der Waals surface area contributed by atoms with Gasteiger partial charge in [0.2, 0.25) is 0 Å². The Kier molecular flexibility index (Phi) is 6.93. The third-order valence-corrected chi connectivity index (χ3v) is 8.96. The van der Waals surface area contributed by atoms with Crippen LogP contribution in [0.5, 0.6) is 0 Å². The molecule has 1 saturated heterocycles. The van der Waals surface area contributed by atoms with Crippen molar-refractivity contribution in [1.29, 1.82) is 5.41 Å². The maximum Gasteiger partial charge on any atom is 0.274 e. The molecular weight excluding hydrogens is 530 g/mol. The van der Waals surface area contributed by atoms with Crippen molar-refractivity contribution in [2.45, 2.75) is 64.1 Å². The van der Waals surface area contributed by atoms with E-state index in [4.69, 9.17) is 10.5 Å². The van der Waals surface area contributed by atoms with Gasteiger partial charge in [0, 0.05) is 50.2 Å². The number of aromatic nitrogens is 5. The summed E-state index contributed by atoms with van der Waals surface area (Å²) in [5.74, 6) is 1.29. The van der Waals surface area contributed by atoms with Gasteiger partial charge in [-0.2, -0.15) is 5.10 Å². The highest BCUT2D eigenvalue weighted by atomic mass is 16.2. The van der Waals surface area contributed by atoms with Crippen molar-refractivity contribution in [3.05, 3.63) is 70.0 Å². The number of H-pyrrole nitrogens is 1. The minimum absolute atomic E-state index is 0.0488. The zero-order valence-corrected chi connectivity index (χ0v) is 23.6. The van der Waals surface area contributed by atoms with Crippen LogP contribution in [0, 0.1) is 11.3 Å². The summed E-state index contributed by atoms with van der Waals surface area (Å²) in [7, 11) is 0. The number of anilines is 3. The fourth-order valence-corrected chi connectivity index (χ4v) is 6.71. The van der Waals surface area contributed by atoms with Crippen LogP contribution in [0.25, 0.3) is 10.9 Å². The summed E-state index contributed by atoms with van der Waals surface area (Å²) in [6, 6.07) is 7.94. The fourth-order valence-electron chi connectivity index (χ4n) is 6.71. The van der Waals surface area contributed by atoms with Crippen molar-refractivity contribution < 1.29 is 4.79 Å². The molecule has 216 valence electrons. The van der Waals surface area contributed by atoms with Gasteiger partial charge in [-0.3, -0.25) is 14.3 Å². The minimum atomic E-state index is -0.200. The van der Waals surface area contributed by atoms with Crippen molar-refractivity contribution in [2.24, 2.45) is 5.92 Å². The number of nitrogens with zero attached hydrogens (tertiary/aromatic N) is 6. The summed E-state index contributed by atoms with van der Waals surface area (Å²) in [6.07, 6.45) is 14.1. The average molecular weight is 566 g/mol. The van der Waals surface area contributed by atoms with E-state index in [1.807, 2.05) is 28.9 Å².